The smallest absolute Gasteiger partial charge is 0.0358 e. The molecule has 0 fully saturated rings. The van der Waals surface area contributed by atoms with Crippen molar-refractivity contribution in [3.8, 4) is 0 Å². The molecular formula is C4H19Cl8P. The molecule has 0 aromatic rings. The molecule has 96 valence electrons. The summed E-state index contributed by atoms with van der Waals surface area (Å²) >= 11 is 0. The lowest BCUT2D eigenvalue weighted by Gasteiger charge is -1.90. The fraction of sp³-hybridized carbons (Fsp3) is 1.00. The van der Waals surface area contributed by atoms with Crippen LogP contribution >= 0.6 is 108 Å². The Labute approximate surface area is 133 Å². The van der Waals surface area contributed by atoms with Crippen molar-refractivity contribution in [1.82, 2.24) is 0 Å². The molecule has 9 heteroatoms. The van der Waals surface area contributed by atoms with Crippen molar-refractivity contribution in [2.45, 2.75) is 13.8 Å². The van der Waals surface area contributed by atoms with Crippen LogP contribution in [0.25, 0.3) is 0 Å². The van der Waals surface area contributed by atoms with Crippen molar-refractivity contribution in [1.29, 1.82) is 0 Å². The van der Waals surface area contributed by atoms with Crippen molar-refractivity contribution in [2.24, 2.45) is 5.92 Å². The van der Waals surface area contributed by atoms with Crippen LogP contribution in [0.15, 0.2) is 0 Å². The Morgan fingerprint density at radius 3 is 0.769 bits per heavy atom. The van der Waals surface area contributed by atoms with Gasteiger partial charge in [-0.1, -0.05) is 13.8 Å². The highest BCUT2D eigenvalue weighted by atomic mass is 35.5. The third-order valence-corrected chi connectivity index (χ3v) is 1.41. The fourth-order valence-electron chi connectivity index (χ4n) is 0. The minimum Gasteiger partial charge on any atom is -0.147 e. The van der Waals surface area contributed by atoms with E-state index in [9.17, 15) is 0 Å². The van der Waals surface area contributed by atoms with Gasteiger partial charge in [-0.3, -0.25) is 0 Å². The summed E-state index contributed by atoms with van der Waals surface area (Å²) in [6, 6.07) is 0. The molecule has 0 radical (unpaired) electrons. The molecule has 0 aliphatic rings. The van der Waals surface area contributed by atoms with Crippen LogP contribution in [-0.2, 0) is 0 Å². The summed E-state index contributed by atoms with van der Waals surface area (Å²) in [7, 11) is 2.69. The fourth-order valence-corrected chi connectivity index (χ4v) is 0. The summed E-state index contributed by atoms with van der Waals surface area (Å²) in [5, 5.41) is 0. The number of hydrogen-bond donors (Lipinski definition) is 0. The van der Waals surface area contributed by atoms with Crippen molar-refractivity contribution in [2.75, 3.05) is 6.16 Å². The normalized spacial score (nSPS) is 3.69. The molecule has 0 heterocycles. The molecule has 0 spiro atoms. The van der Waals surface area contributed by atoms with Gasteiger partial charge in [-0.05, 0) is 12.1 Å². The Kier molecular flexibility index (Phi) is 354. The van der Waals surface area contributed by atoms with Crippen LogP contribution in [0, 0.1) is 5.92 Å². The van der Waals surface area contributed by atoms with Gasteiger partial charge >= 0.3 is 0 Å². The summed E-state index contributed by atoms with van der Waals surface area (Å²) in [6.07, 6.45) is 1.22. The Balaban J connectivity index is -0.00000000286. The standard InChI is InChI=1S/C4H11P.8ClH/c1-4(2)3-5;;;;;;;;/h4H,3,5H2,1-2H3;8*1H. The van der Waals surface area contributed by atoms with Crippen LogP contribution in [0.3, 0.4) is 0 Å². The minimum atomic E-state index is 0. The second-order valence-electron chi connectivity index (χ2n) is 1.63. The molecule has 0 rings (SSSR count). The van der Waals surface area contributed by atoms with Gasteiger partial charge in [-0.2, -0.15) is 0 Å². The number of hydrogen-bond acceptors (Lipinski definition) is 0. The van der Waals surface area contributed by atoms with E-state index in [0.717, 1.165) is 5.92 Å². The highest BCUT2D eigenvalue weighted by Crippen LogP contribution is 1.94. The second-order valence-corrected chi connectivity index (χ2v) is 2.10. The average Bonchev–Trinajstić information content (AvgIpc) is 1.38. The van der Waals surface area contributed by atoms with E-state index in [1.165, 1.54) is 6.16 Å². The first-order chi connectivity index (χ1) is 2.27. The molecular weight excluding hydrogens is 363 g/mol. The van der Waals surface area contributed by atoms with Crippen molar-refractivity contribution >= 4 is 108 Å². The Hall–Kier alpha value is 2.75. The zero-order valence-electron chi connectivity index (χ0n) is 7.13. The van der Waals surface area contributed by atoms with Crippen molar-refractivity contribution < 1.29 is 0 Å². The molecule has 13 heavy (non-hydrogen) atoms. The maximum Gasteiger partial charge on any atom is -0.0358 e. The van der Waals surface area contributed by atoms with Gasteiger partial charge < -0.3 is 0 Å². The molecule has 0 nitrogen and oxygen atoms in total. The van der Waals surface area contributed by atoms with Crippen molar-refractivity contribution in [3.05, 3.63) is 0 Å². The van der Waals surface area contributed by atoms with Crippen LogP contribution in [-0.4, -0.2) is 6.16 Å². The van der Waals surface area contributed by atoms with Crippen LogP contribution in [0.5, 0.6) is 0 Å². The maximum atomic E-state index is 2.69. The molecule has 0 aromatic carbocycles. The molecule has 0 amide bonds. The summed E-state index contributed by atoms with van der Waals surface area (Å²) in [5.41, 5.74) is 0. The SMILES string of the molecule is CC(C)CP.Cl.Cl.Cl.Cl.Cl.Cl.Cl.Cl. The van der Waals surface area contributed by atoms with E-state index in [-0.39, 0.29) is 99.3 Å². The lowest BCUT2D eigenvalue weighted by atomic mass is 10.3. The van der Waals surface area contributed by atoms with E-state index in [4.69, 9.17) is 0 Å². The Morgan fingerprint density at radius 1 is 0.692 bits per heavy atom. The molecule has 0 bridgehead atoms. The molecule has 0 aliphatic heterocycles. The van der Waals surface area contributed by atoms with Gasteiger partial charge in [0.05, 0.1) is 0 Å². The monoisotopic (exact) mass is 378 g/mol. The van der Waals surface area contributed by atoms with Gasteiger partial charge in [-0.15, -0.1) is 108 Å². The van der Waals surface area contributed by atoms with Crippen LogP contribution in [0.1, 0.15) is 13.8 Å². The van der Waals surface area contributed by atoms with Crippen molar-refractivity contribution in [3.63, 3.8) is 0 Å². The van der Waals surface area contributed by atoms with Gasteiger partial charge in [0.1, 0.15) is 0 Å². The molecule has 0 N–H and O–H groups in total. The zero-order valence-corrected chi connectivity index (χ0v) is 14.8. The summed E-state index contributed by atoms with van der Waals surface area (Å²) in [6.45, 7) is 4.40. The summed E-state index contributed by atoms with van der Waals surface area (Å²) < 4.78 is 0. The molecule has 1 atom stereocenters. The zero-order chi connectivity index (χ0) is 4.28. The minimum absolute atomic E-state index is 0. The lowest BCUT2D eigenvalue weighted by molar-refractivity contribution is 0.750. The van der Waals surface area contributed by atoms with Crippen LogP contribution in [0.4, 0.5) is 0 Å². The van der Waals surface area contributed by atoms with Gasteiger partial charge in [-0.25, -0.2) is 0 Å². The number of rotatable bonds is 1. The van der Waals surface area contributed by atoms with E-state index in [0.29, 0.717) is 0 Å². The topological polar surface area (TPSA) is 0 Å². The first kappa shape index (κ1) is 75.2. The molecule has 0 aliphatic carbocycles. The van der Waals surface area contributed by atoms with E-state index in [1.807, 2.05) is 0 Å². The van der Waals surface area contributed by atoms with Gasteiger partial charge in [0.2, 0.25) is 0 Å². The summed E-state index contributed by atoms with van der Waals surface area (Å²) in [4.78, 5) is 0. The van der Waals surface area contributed by atoms with Crippen LogP contribution in [0.2, 0.25) is 0 Å². The number of halogens is 8. The van der Waals surface area contributed by atoms with Crippen LogP contribution < -0.4 is 0 Å². The highest BCUT2D eigenvalue weighted by Gasteiger charge is 1.80. The third kappa shape index (κ3) is 106. The third-order valence-electron chi connectivity index (χ3n) is 0.471. The quantitative estimate of drug-likeness (QED) is 0.567. The molecule has 0 aromatic heterocycles. The maximum absolute atomic E-state index is 2.69. The second kappa shape index (κ2) is 61.2. The Bertz CT molecular complexity index is 30.1. The van der Waals surface area contributed by atoms with Gasteiger partial charge in [0, 0.05) is 0 Å². The van der Waals surface area contributed by atoms with Gasteiger partial charge in [0.15, 0.2) is 0 Å². The first-order valence-corrected chi connectivity index (χ1v) is 2.79. The first-order valence-electron chi connectivity index (χ1n) is 1.97. The van der Waals surface area contributed by atoms with E-state index >= 15 is 0 Å². The molecule has 0 saturated heterocycles. The lowest BCUT2D eigenvalue weighted by Crippen LogP contribution is -1.82. The predicted molar refractivity (Wildman–Crippen MR) is 87.4 cm³/mol. The summed E-state index contributed by atoms with van der Waals surface area (Å²) in [5.74, 6) is 0.847. The average molecular weight is 382 g/mol. The van der Waals surface area contributed by atoms with E-state index < -0.39 is 0 Å². The highest BCUT2D eigenvalue weighted by molar-refractivity contribution is 7.16. The van der Waals surface area contributed by atoms with E-state index in [2.05, 4.69) is 23.1 Å². The molecule has 1 unspecified atom stereocenters. The van der Waals surface area contributed by atoms with Gasteiger partial charge in [0.25, 0.3) is 0 Å². The Morgan fingerprint density at radius 2 is 0.769 bits per heavy atom. The van der Waals surface area contributed by atoms with E-state index in [1.54, 1.807) is 0 Å². The largest absolute Gasteiger partial charge is 0.147 e. The predicted octanol–water partition coefficient (Wildman–Crippen LogP) is 4.89. The molecule has 0 saturated carbocycles.